The minimum absolute atomic E-state index is 0.0105. The van der Waals surface area contributed by atoms with Gasteiger partial charge in [-0.25, -0.2) is 23.5 Å². The van der Waals surface area contributed by atoms with Gasteiger partial charge in [-0.3, -0.25) is 10.1 Å². The Hall–Kier alpha value is -3.71. The number of hydrogen-bond acceptors (Lipinski definition) is 7. The Kier molecular flexibility index (Phi) is 7.37. The van der Waals surface area contributed by atoms with Crippen LogP contribution in [0.15, 0.2) is 42.5 Å². The molecule has 0 fully saturated rings. The second-order valence-corrected chi connectivity index (χ2v) is 9.67. The zero-order valence-corrected chi connectivity index (χ0v) is 20.7. The first-order valence-electron chi connectivity index (χ1n) is 10.6. The number of aromatic nitrogens is 2. The molecule has 13 heteroatoms. The molecule has 4 rings (SSSR count). The van der Waals surface area contributed by atoms with Crippen LogP contribution in [-0.2, 0) is 10.9 Å². The van der Waals surface area contributed by atoms with Gasteiger partial charge in [-0.1, -0.05) is 29.5 Å². The molecular weight excluding hydrogens is 537 g/mol. The van der Waals surface area contributed by atoms with Crippen LogP contribution in [0.1, 0.15) is 37.5 Å². The van der Waals surface area contributed by atoms with Gasteiger partial charge in [0.25, 0.3) is 5.91 Å². The molecular formula is C24H16F5N3O3S2. The summed E-state index contributed by atoms with van der Waals surface area (Å²) in [5.41, 5.74) is -1.36. The predicted octanol–water partition coefficient (Wildman–Crippen LogP) is 6.97. The van der Waals surface area contributed by atoms with Gasteiger partial charge in [-0.15, -0.1) is 11.3 Å². The lowest BCUT2D eigenvalue weighted by molar-refractivity contribution is -0.137. The zero-order chi connectivity index (χ0) is 26.9. The number of hydrogen-bond donors (Lipinski definition) is 1. The number of rotatable bonds is 6. The van der Waals surface area contributed by atoms with E-state index in [9.17, 15) is 31.5 Å². The van der Waals surface area contributed by atoms with E-state index in [1.807, 2.05) is 0 Å². The van der Waals surface area contributed by atoms with Crippen molar-refractivity contribution in [3.8, 4) is 21.8 Å². The number of carbonyl (C=O) groups excluding carboxylic acids is 2. The summed E-state index contributed by atoms with van der Waals surface area (Å²) >= 11 is 1.80. The second-order valence-electron chi connectivity index (χ2n) is 7.47. The van der Waals surface area contributed by atoms with E-state index in [2.05, 4.69) is 15.3 Å². The molecule has 0 aliphatic rings. The third-order valence-corrected chi connectivity index (χ3v) is 6.93. The van der Waals surface area contributed by atoms with E-state index in [0.717, 1.165) is 53.0 Å². The van der Waals surface area contributed by atoms with E-state index in [-0.39, 0.29) is 38.6 Å². The fraction of sp³-hybridized carbons (Fsp3) is 0.167. The number of anilines is 1. The number of halogens is 5. The molecule has 192 valence electrons. The number of thiazole rings is 2. The number of carbonyl (C=O) groups is 2. The highest BCUT2D eigenvalue weighted by Crippen LogP contribution is 2.42. The molecule has 0 radical (unpaired) electrons. The van der Waals surface area contributed by atoms with Gasteiger partial charge in [0.05, 0.1) is 17.0 Å². The van der Waals surface area contributed by atoms with Crippen LogP contribution in [0.4, 0.5) is 27.1 Å². The molecule has 0 saturated carbocycles. The van der Waals surface area contributed by atoms with Crippen LogP contribution in [0, 0.1) is 18.6 Å². The van der Waals surface area contributed by atoms with Crippen LogP contribution in [0.2, 0.25) is 0 Å². The van der Waals surface area contributed by atoms with Crippen molar-refractivity contribution in [3.63, 3.8) is 0 Å². The van der Waals surface area contributed by atoms with Gasteiger partial charge in [0, 0.05) is 4.88 Å². The van der Waals surface area contributed by atoms with Crippen LogP contribution < -0.4 is 5.32 Å². The molecule has 1 N–H and O–H groups in total. The lowest BCUT2D eigenvalue weighted by Crippen LogP contribution is -2.15. The number of amides is 1. The molecule has 0 bridgehead atoms. The Balaban J connectivity index is 1.83. The summed E-state index contributed by atoms with van der Waals surface area (Å²) in [5.74, 6) is -4.00. The van der Waals surface area contributed by atoms with Crippen LogP contribution in [-0.4, -0.2) is 28.5 Å². The van der Waals surface area contributed by atoms with Crippen LogP contribution in [0.5, 0.6) is 0 Å². The first kappa shape index (κ1) is 26.4. The first-order chi connectivity index (χ1) is 17.5. The summed E-state index contributed by atoms with van der Waals surface area (Å²) in [6, 6.07) is 7.37. The quantitative estimate of drug-likeness (QED) is 0.206. The van der Waals surface area contributed by atoms with E-state index in [0.29, 0.717) is 4.88 Å². The Morgan fingerprint density at radius 3 is 2.32 bits per heavy atom. The predicted molar refractivity (Wildman–Crippen MR) is 129 cm³/mol. The first-order valence-corrected chi connectivity index (χ1v) is 12.2. The van der Waals surface area contributed by atoms with E-state index in [1.165, 1.54) is 12.1 Å². The number of esters is 1. The van der Waals surface area contributed by atoms with Crippen LogP contribution >= 0.6 is 22.7 Å². The topological polar surface area (TPSA) is 81.2 Å². The van der Waals surface area contributed by atoms with Crippen molar-refractivity contribution >= 4 is 39.7 Å². The summed E-state index contributed by atoms with van der Waals surface area (Å²) in [4.78, 5) is 34.1. The average Bonchev–Trinajstić information content (AvgIpc) is 3.42. The molecule has 2 heterocycles. The standard InChI is InChI=1S/C24H16F5N3O3S2/c1-3-35-22(34)21-30-17(11(2)36-21)18-19(12-6-4-7-13(10-12)24(27,28)29)37-23(31-18)32-20(33)16-14(25)8-5-9-15(16)26/h4-10H,3H2,1-2H3,(H,31,32,33). The highest BCUT2D eigenvalue weighted by atomic mass is 32.1. The van der Waals surface area contributed by atoms with Crippen LogP contribution in [0.3, 0.4) is 0 Å². The molecule has 0 saturated heterocycles. The number of aryl methyl sites for hydroxylation is 1. The summed E-state index contributed by atoms with van der Waals surface area (Å²) in [7, 11) is 0. The van der Waals surface area contributed by atoms with E-state index < -0.39 is 40.8 Å². The zero-order valence-electron chi connectivity index (χ0n) is 19.1. The van der Waals surface area contributed by atoms with E-state index in [4.69, 9.17) is 4.74 Å². The molecule has 2 aromatic carbocycles. The Morgan fingerprint density at radius 2 is 1.68 bits per heavy atom. The average molecular weight is 554 g/mol. The van der Waals surface area contributed by atoms with Gasteiger partial charge in [0.2, 0.25) is 5.01 Å². The minimum Gasteiger partial charge on any atom is -0.461 e. The third-order valence-electron chi connectivity index (χ3n) is 4.96. The summed E-state index contributed by atoms with van der Waals surface area (Å²) in [5, 5.41) is 2.18. The van der Waals surface area contributed by atoms with Gasteiger partial charge in [-0.05, 0) is 43.7 Å². The molecule has 2 aromatic heterocycles. The number of ether oxygens (including phenoxy) is 1. The number of nitrogens with zero attached hydrogens (tertiary/aromatic N) is 2. The Labute approximate surface area is 214 Å². The molecule has 0 unspecified atom stereocenters. The Morgan fingerprint density at radius 1 is 1.00 bits per heavy atom. The molecule has 1 amide bonds. The summed E-state index contributed by atoms with van der Waals surface area (Å²) < 4.78 is 73.3. The lowest BCUT2D eigenvalue weighted by atomic mass is 10.1. The fourth-order valence-corrected chi connectivity index (χ4v) is 5.10. The van der Waals surface area contributed by atoms with Crippen molar-refractivity contribution in [3.05, 3.63) is 75.1 Å². The Bertz CT molecular complexity index is 1480. The van der Waals surface area contributed by atoms with E-state index in [1.54, 1.807) is 13.8 Å². The monoisotopic (exact) mass is 553 g/mol. The van der Waals surface area contributed by atoms with Crippen molar-refractivity contribution in [1.29, 1.82) is 0 Å². The summed E-state index contributed by atoms with van der Waals surface area (Å²) in [6.07, 6.45) is -4.62. The van der Waals surface area contributed by atoms with Crippen molar-refractivity contribution in [2.45, 2.75) is 20.0 Å². The largest absolute Gasteiger partial charge is 0.461 e. The molecule has 6 nitrogen and oxygen atoms in total. The maximum absolute atomic E-state index is 14.1. The molecule has 0 spiro atoms. The lowest BCUT2D eigenvalue weighted by Gasteiger charge is -2.08. The minimum atomic E-state index is -4.62. The van der Waals surface area contributed by atoms with Crippen molar-refractivity contribution in [2.24, 2.45) is 0 Å². The smallest absolute Gasteiger partial charge is 0.416 e. The van der Waals surface area contributed by atoms with Gasteiger partial charge in [0.1, 0.15) is 28.6 Å². The molecule has 0 aliphatic heterocycles. The number of benzene rings is 2. The van der Waals surface area contributed by atoms with Gasteiger partial charge in [0.15, 0.2) is 5.13 Å². The molecule has 0 aliphatic carbocycles. The fourth-order valence-electron chi connectivity index (χ4n) is 3.34. The van der Waals surface area contributed by atoms with Gasteiger partial charge >= 0.3 is 12.1 Å². The highest BCUT2D eigenvalue weighted by Gasteiger charge is 2.31. The van der Waals surface area contributed by atoms with Crippen molar-refractivity contribution in [1.82, 2.24) is 9.97 Å². The molecule has 4 aromatic rings. The SMILES string of the molecule is CCOC(=O)c1nc(-c2nc(NC(=O)c3c(F)cccc3F)sc2-c2cccc(C(F)(F)F)c2)c(C)s1. The van der Waals surface area contributed by atoms with Crippen molar-refractivity contribution in [2.75, 3.05) is 11.9 Å². The molecule has 37 heavy (non-hydrogen) atoms. The van der Waals surface area contributed by atoms with Gasteiger partial charge in [-0.2, -0.15) is 13.2 Å². The van der Waals surface area contributed by atoms with E-state index >= 15 is 0 Å². The van der Waals surface area contributed by atoms with Crippen molar-refractivity contribution < 1.29 is 36.3 Å². The number of nitrogens with one attached hydrogen (secondary N) is 1. The van der Waals surface area contributed by atoms with Gasteiger partial charge < -0.3 is 4.74 Å². The summed E-state index contributed by atoms with van der Waals surface area (Å²) in [6.45, 7) is 3.37. The van der Waals surface area contributed by atoms with Crippen LogP contribution in [0.25, 0.3) is 21.8 Å². The maximum atomic E-state index is 14.1. The molecule has 0 atom stereocenters. The normalized spacial score (nSPS) is 11.4. The highest BCUT2D eigenvalue weighted by molar-refractivity contribution is 7.19. The third kappa shape index (κ3) is 5.52. The second kappa shape index (κ2) is 10.3. The maximum Gasteiger partial charge on any atom is 0.416 e. The number of alkyl halides is 3.